The lowest BCUT2D eigenvalue weighted by molar-refractivity contribution is -0.112. The van der Waals surface area contributed by atoms with Crippen molar-refractivity contribution in [2.45, 2.75) is 20.0 Å². The van der Waals surface area contributed by atoms with Gasteiger partial charge >= 0.3 is 0 Å². The van der Waals surface area contributed by atoms with Crippen LogP contribution in [0.25, 0.3) is 0 Å². The predicted molar refractivity (Wildman–Crippen MR) is 103 cm³/mol. The summed E-state index contributed by atoms with van der Waals surface area (Å²) in [6.07, 6.45) is 1.97. The highest BCUT2D eigenvalue weighted by molar-refractivity contribution is 9.10. The second-order valence-electron chi connectivity index (χ2n) is 6.34. The zero-order valence-corrected chi connectivity index (χ0v) is 15.6. The number of nitrogen functional groups attached to an aromatic ring is 1. The fraction of sp³-hybridized carbons (Fsp3) is 0.211. The van der Waals surface area contributed by atoms with Crippen LogP contribution >= 0.6 is 15.9 Å². The third-order valence-corrected chi connectivity index (χ3v) is 4.37. The van der Waals surface area contributed by atoms with Gasteiger partial charge in [0.1, 0.15) is 5.75 Å². The molecule has 0 aromatic heterocycles. The molecule has 2 rings (SSSR count). The van der Waals surface area contributed by atoms with Gasteiger partial charge in [0.05, 0.1) is 17.5 Å². The minimum Gasteiger partial charge on any atom is -0.508 e. The monoisotopic (exact) mass is 404 g/mol. The Morgan fingerprint density at radius 3 is 2.64 bits per heavy atom. The van der Waals surface area contributed by atoms with E-state index < -0.39 is 11.5 Å². The van der Waals surface area contributed by atoms with Crippen LogP contribution in [0, 0.1) is 5.41 Å². The number of anilines is 2. The van der Waals surface area contributed by atoms with Crippen molar-refractivity contribution in [1.29, 1.82) is 0 Å². The highest BCUT2D eigenvalue weighted by atomic mass is 79.9. The number of aliphatic hydroxyl groups is 1. The molecular weight excluding hydrogens is 384 g/mol. The Morgan fingerprint density at radius 2 is 1.96 bits per heavy atom. The van der Waals surface area contributed by atoms with Crippen LogP contribution in [-0.2, 0) is 4.79 Å². The molecule has 0 fully saturated rings. The van der Waals surface area contributed by atoms with Crippen molar-refractivity contribution in [1.82, 2.24) is 0 Å². The molecule has 0 bridgehead atoms. The molecule has 0 heterocycles. The molecule has 5 nitrogen and oxygen atoms in total. The van der Waals surface area contributed by atoms with E-state index in [1.54, 1.807) is 56.3 Å². The number of amides is 1. The van der Waals surface area contributed by atoms with Gasteiger partial charge in [-0.3, -0.25) is 4.79 Å². The van der Waals surface area contributed by atoms with Crippen LogP contribution in [0.4, 0.5) is 11.4 Å². The number of benzene rings is 2. The number of halogens is 1. The number of carbonyl (C=O) groups excluding carboxylic acids is 1. The van der Waals surface area contributed by atoms with E-state index in [9.17, 15) is 15.0 Å². The summed E-state index contributed by atoms with van der Waals surface area (Å²) in [5.41, 5.74) is 6.40. The molecule has 1 amide bonds. The number of rotatable bonds is 5. The highest BCUT2D eigenvalue weighted by Gasteiger charge is 2.29. The Bertz CT molecular complexity index is 803. The van der Waals surface area contributed by atoms with Crippen molar-refractivity contribution in [2.75, 3.05) is 11.1 Å². The van der Waals surface area contributed by atoms with E-state index in [-0.39, 0.29) is 11.7 Å². The lowest BCUT2D eigenvalue weighted by atomic mass is 9.82. The van der Waals surface area contributed by atoms with Gasteiger partial charge in [-0.1, -0.05) is 48.0 Å². The molecule has 0 unspecified atom stereocenters. The molecule has 2 aromatic carbocycles. The number of para-hydroxylation sites is 2. The fourth-order valence-electron chi connectivity index (χ4n) is 2.31. The molecule has 132 valence electrons. The Balaban J connectivity index is 2.13. The summed E-state index contributed by atoms with van der Waals surface area (Å²) >= 11 is 3.32. The Hall–Kier alpha value is -2.31. The number of hydrogen-bond acceptors (Lipinski definition) is 4. The number of aromatic hydroxyl groups is 1. The number of carbonyl (C=O) groups is 1. The van der Waals surface area contributed by atoms with E-state index in [0.717, 1.165) is 4.47 Å². The zero-order chi connectivity index (χ0) is 18.6. The number of phenolic OH excluding ortho intramolecular Hbond substituents is 1. The van der Waals surface area contributed by atoms with Crippen molar-refractivity contribution in [3.8, 4) is 5.75 Å². The van der Waals surface area contributed by atoms with Gasteiger partial charge in [-0.2, -0.15) is 0 Å². The first kappa shape index (κ1) is 19.0. The maximum atomic E-state index is 12.1. The smallest absolute Gasteiger partial charge is 0.248 e. The molecular formula is C19H21BrN2O3. The van der Waals surface area contributed by atoms with Gasteiger partial charge in [-0.15, -0.1) is 0 Å². The molecule has 0 spiro atoms. The summed E-state index contributed by atoms with van der Waals surface area (Å²) in [6, 6.07) is 11.8. The standard InChI is InChI=1S/C19H21BrN2O3/c1-19(2,18(25)13-11-12(20)7-8-16(13)23)10-9-17(24)22-15-6-4-3-5-14(15)21/h3-11,18,23,25H,21H2,1-2H3,(H,22,24)/b10-9+/t18-/m0/s1. The van der Waals surface area contributed by atoms with Crippen LogP contribution in [0.5, 0.6) is 5.75 Å². The van der Waals surface area contributed by atoms with E-state index in [2.05, 4.69) is 21.2 Å². The van der Waals surface area contributed by atoms with Gasteiger partial charge in [-0.25, -0.2) is 0 Å². The van der Waals surface area contributed by atoms with Crippen LogP contribution in [0.15, 0.2) is 59.1 Å². The molecule has 6 heteroatoms. The van der Waals surface area contributed by atoms with Gasteiger partial charge in [0.2, 0.25) is 5.91 Å². The third kappa shape index (κ3) is 4.84. The lowest BCUT2D eigenvalue weighted by Gasteiger charge is -2.28. The summed E-state index contributed by atoms with van der Waals surface area (Å²) < 4.78 is 0.747. The Labute approximate surface area is 155 Å². The van der Waals surface area contributed by atoms with Crippen LogP contribution in [0.3, 0.4) is 0 Å². The van der Waals surface area contributed by atoms with Crippen LogP contribution < -0.4 is 11.1 Å². The zero-order valence-electron chi connectivity index (χ0n) is 14.0. The molecule has 0 aliphatic rings. The second-order valence-corrected chi connectivity index (χ2v) is 7.25. The van der Waals surface area contributed by atoms with Crippen molar-refractivity contribution in [3.63, 3.8) is 0 Å². The first-order chi connectivity index (χ1) is 11.7. The van der Waals surface area contributed by atoms with E-state index in [1.165, 1.54) is 12.1 Å². The Morgan fingerprint density at radius 1 is 1.28 bits per heavy atom. The normalized spacial score (nSPS) is 13.0. The predicted octanol–water partition coefficient (Wildman–Crippen LogP) is 3.99. The van der Waals surface area contributed by atoms with Crippen molar-refractivity contribution in [2.24, 2.45) is 5.41 Å². The molecule has 25 heavy (non-hydrogen) atoms. The van der Waals surface area contributed by atoms with E-state index >= 15 is 0 Å². The molecule has 0 saturated heterocycles. The summed E-state index contributed by atoms with van der Waals surface area (Å²) in [5, 5.41) is 23.3. The number of hydrogen-bond donors (Lipinski definition) is 4. The van der Waals surface area contributed by atoms with E-state index in [1.807, 2.05) is 0 Å². The largest absolute Gasteiger partial charge is 0.508 e. The van der Waals surface area contributed by atoms with Gasteiger partial charge in [0.15, 0.2) is 0 Å². The van der Waals surface area contributed by atoms with Gasteiger partial charge in [0.25, 0.3) is 0 Å². The molecule has 1 atom stereocenters. The molecule has 0 saturated carbocycles. The first-order valence-corrected chi connectivity index (χ1v) is 8.51. The average Bonchev–Trinajstić information content (AvgIpc) is 2.57. The van der Waals surface area contributed by atoms with Crippen LogP contribution in [0.1, 0.15) is 25.5 Å². The molecule has 2 aromatic rings. The fourth-order valence-corrected chi connectivity index (χ4v) is 2.69. The van der Waals surface area contributed by atoms with Gasteiger partial charge < -0.3 is 21.3 Å². The summed E-state index contributed by atoms with van der Waals surface area (Å²) in [5.74, 6) is -0.352. The minimum atomic E-state index is -0.990. The SMILES string of the molecule is CC(C)(/C=C/C(=O)Nc1ccccc1N)[C@@H](O)c1cc(Br)ccc1O. The molecule has 0 aliphatic heterocycles. The third-order valence-electron chi connectivity index (χ3n) is 3.87. The average molecular weight is 405 g/mol. The quantitative estimate of drug-likeness (QED) is 0.447. The van der Waals surface area contributed by atoms with Gasteiger partial charge in [-0.05, 0) is 36.4 Å². The number of aliphatic hydroxyl groups excluding tert-OH is 1. The maximum Gasteiger partial charge on any atom is 0.248 e. The topological polar surface area (TPSA) is 95.6 Å². The summed E-state index contributed by atoms with van der Waals surface area (Å²) in [6.45, 7) is 3.55. The highest BCUT2D eigenvalue weighted by Crippen LogP contribution is 2.39. The van der Waals surface area contributed by atoms with E-state index in [0.29, 0.717) is 16.9 Å². The molecule has 0 radical (unpaired) electrons. The number of phenols is 1. The maximum absolute atomic E-state index is 12.1. The second kappa shape index (κ2) is 7.72. The summed E-state index contributed by atoms with van der Waals surface area (Å²) in [4.78, 5) is 12.1. The number of nitrogens with one attached hydrogen (secondary N) is 1. The minimum absolute atomic E-state index is 0.00122. The van der Waals surface area contributed by atoms with Crippen molar-refractivity contribution < 1.29 is 15.0 Å². The lowest BCUT2D eigenvalue weighted by Crippen LogP contribution is -2.21. The van der Waals surface area contributed by atoms with Crippen LogP contribution in [0.2, 0.25) is 0 Å². The van der Waals surface area contributed by atoms with E-state index in [4.69, 9.17) is 5.73 Å². The Kier molecular flexibility index (Phi) is 5.87. The van der Waals surface area contributed by atoms with Crippen molar-refractivity contribution >= 4 is 33.2 Å². The van der Waals surface area contributed by atoms with Crippen molar-refractivity contribution in [3.05, 3.63) is 64.7 Å². The summed E-state index contributed by atoms with van der Waals surface area (Å²) in [7, 11) is 0. The number of nitrogens with two attached hydrogens (primary N) is 1. The van der Waals surface area contributed by atoms with Gasteiger partial charge in [0, 0.05) is 15.5 Å². The first-order valence-electron chi connectivity index (χ1n) is 7.72. The van der Waals surface area contributed by atoms with Crippen LogP contribution in [-0.4, -0.2) is 16.1 Å². The molecule has 0 aliphatic carbocycles. The molecule has 5 N–H and O–H groups in total.